The fourth-order valence-electron chi connectivity index (χ4n) is 2.43. The standard InChI is InChI=1S/C16H16ClN3/c1-20-11-12(14-6-5-13(17)10-15(14)20)7-9-19-16-4-2-3-8-18-16/h2-6,8,10-11H,7,9H2,1H3,(H,18,19). The van der Waals surface area contributed by atoms with Crippen molar-refractivity contribution in [2.24, 2.45) is 7.05 Å². The average Bonchev–Trinajstić information content (AvgIpc) is 2.76. The maximum atomic E-state index is 6.05. The Morgan fingerprint density at radius 1 is 1.25 bits per heavy atom. The van der Waals surface area contributed by atoms with Gasteiger partial charge in [0, 0.05) is 41.9 Å². The predicted molar refractivity (Wildman–Crippen MR) is 84.4 cm³/mol. The lowest BCUT2D eigenvalue weighted by molar-refractivity contribution is 0.941. The van der Waals surface area contributed by atoms with E-state index in [1.165, 1.54) is 16.5 Å². The first kappa shape index (κ1) is 13.0. The lowest BCUT2D eigenvalue weighted by Gasteiger charge is -2.04. The molecule has 1 N–H and O–H groups in total. The molecule has 4 heteroatoms. The van der Waals surface area contributed by atoms with Gasteiger partial charge in [-0.05, 0) is 36.2 Å². The zero-order valence-electron chi connectivity index (χ0n) is 11.3. The second kappa shape index (κ2) is 5.55. The Kier molecular flexibility index (Phi) is 3.61. The van der Waals surface area contributed by atoms with Crippen LogP contribution in [0.15, 0.2) is 48.8 Å². The first-order chi connectivity index (χ1) is 9.74. The molecule has 0 atom stereocenters. The Morgan fingerprint density at radius 2 is 2.15 bits per heavy atom. The Bertz CT molecular complexity index is 719. The van der Waals surface area contributed by atoms with Crippen LogP contribution in [-0.4, -0.2) is 16.1 Å². The molecule has 0 aliphatic rings. The molecular formula is C16H16ClN3. The zero-order valence-corrected chi connectivity index (χ0v) is 12.1. The number of hydrogen-bond donors (Lipinski definition) is 1. The van der Waals surface area contributed by atoms with E-state index in [-0.39, 0.29) is 0 Å². The van der Waals surface area contributed by atoms with Gasteiger partial charge in [0.15, 0.2) is 0 Å². The van der Waals surface area contributed by atoms with Crippen LogP contribution in [0.4, 0.5) is 5.82 Å². The molecule has 3 nitrogen and oxygen atoms in total. The van der Waals surface area contributed by atoms with Crippen LogP contribution >= 0.6 is 11.6 Å². The number of aromatic nitrogens is 2. The van der Waals surface area contributed by atoms with Crippen LogP contribution in [0.25, 0.3) is 10.9 Å². The molecule has 2 heterocycles. The quantitative estimate of drug-likeness (QED) is 0.788. The molecule has 3 rings (SSSR count). The van der Waals surface area contributed by atoms with Gasteiger partial charge in [0.25, 0.3) is 0 Å². The highest BCUT2D eigenvalue weighted by Crippen LogP contribution is 2.24. The number of nitrogens with zero attached hydrogens (tertiary/aromatic N) is 2. The van der Waals surface area contributed by atoms with Crippen molar-refractivity contribution >= 4 is 28.3 Å². The lowest BCUT2D eigenvalue weighted by atomic mass is 10.1. The van der Waals surface area contributed by atoms with Gasteiger partial charge in [-0.2, -0.15) is 0 Å². The summed E-state index contributed by atoms with van der Waals surface area (Å²) in [4.78, 5) is 4.26. The van der Waals surface area contributed by atoms with Gasteiger partial charge in [0.1, 0.15) is 5.82 Å². The summed E-state index contributed by atoms with van der Waals surface area (Å²) in [6.45, 7) is 0.860. The normalized spacial score (nSPS) is 10.9. The molecule has 0 radical (unpaired) electrons. The molecule has 2 aromatic heterocycles. The number of anilines is 1. The summed E-state index contributed by atoms with van der Waals surface area (Å²) in [5, 5.41) is 5.37. The molecule has 1 aromatic carbocycles. The number of aryl methyl sites for hydroxylation is 1. The molecule has 0 unspecified atom stereocenters. The van der Waals surface area contributed by atoms with Crippen LogP contribution in [0.5, 0.6) is 0 Å². The maximum Gasteiger partial charge on any atom is 0.125 e. The van der Waals surface area contributed by atoms with Crippen molar-refractivity contribution in [1.29, 1.82) is 0 Å². The van der Waals surface area contributed by atoms with Crippen molar-refractivity contribution in [3.8, 4) is 0 Å². The Morgan fingerprint density at radius 3 is 2.95 bits per heavy atom. The van der Waals surface area contributed by atoms with E-state index < -0.39 is 0 Å². The largest absolute Gasteiger partial charge is 0.370 e. The highest BCUT2D eigenvalue weighted by Gasteiger charge is 2.06. The van der Waals surface area contributed by atoms with Gasteiger partial charge >= 0.3 is 0 Å². The second-order valence-corrected chi connectivity index (χ2v) is 5.25. The second-order valence-electron chi connectivity index (χ2n) is 4.82. The van der Waals surface area contributed by atoms with E-state index >= 15 is 0 Å². The zero-order chi connectivity index (χ0) is 13.9. The van der Waals surface area contributed by atoms with E-state index in [9.17, 15) is 0 Å². The summed E-state index contributed by atoms with van der Waals surface area (Å²) in [5.74, 6) is 0.913. The summed E-state index contributed by atoms with van der Waals surface area (Å²) >= 11 is 6.05. The van der Waals surface area contributed by atoms with Gasteiger partial charge in [0.2, 0.25) is 0 Å². The highest BCUT2D eigenvalue weighted by atomic mass is 35.5. The first-order valence-electron chi connectivity index (χ1n) is 6.62. The van der Waals surface area contributed by atoms with Crippen molar-refractivity contribution < 1.29 is 0 Å². The molecule has 0 fully saturated rings. The van der Waals surface area contributed by atoms with Gasteiger partial charge in [0.05, 0.1) is 0 Å². The highest BCUT2D eigenvalue weighted by molar-refractivity contribution is 6.31. The van der Waals surface area contributed by atoms with Crippen LogP contribution in [0.2, 0.25) is 5.02 Å². The van der Waals surface area contributed by atoms with E-state index in [4.69, 9.17) is 11.6 Å². The molecule has 0 saturated heterocycles. The topological polar surface area (TPSA) is 29.9 Å². The van der Waals surface area contributed by atoms with Gasteiger partial charge in [-0.15, -0.1) is 0 Å². The molecule has 0 aliphatic heterocycles. The number of hydrogen-bond acceptors (Lipinski definition) is 2. The maximum absolute atomic E-state index is 6.05. The summed E-state index contributed by atoms with van der Waals surface area (Å²) in [6, 6.07) is 11.9. The number of pyridine rings is 1. The molecule has 0 spiro atoms. The third-order valence-electron chi connectivity index (χ3n) is 3.40. The fourth-order valence-corrected chi connectivity index (χ4v) is 2.60. The smallest absolute Gasteiger partial charge is 0.125 e. The number of nitrogens with one attached hydrogen (secondary N) is 1. The number of benzene rings is 1. The van der Waals surface area contributed by atoms with E-state index in [1.807, 2.05) is 37.4 Å². The minimum atomic E-state index is 0.775. The number of rotatable bonds is 4. The molecule has 0 aliphatic carbocycles. The molecule has 0 bridgehead atoms. The van der Waals surface area contributed by atoms with E-state index in [1.54, 1.807) is 6.20 Å². The molecular weight excluding hydrogens is 270 g/mol. The average molecular weight is 286 g/mol. The predicted octanol–water partition coefficient (Wildman–Crippen LogP) is 3.88. The van der Waals surface area contributed by atoms with Crippen LogP contribution in [0.1, 0.15) is 5.56 Å². The van der Waals surface area contributed by atoms with Crippen LogP contribution in [0, 0.1) is 0 Å². The van der Waals surface area contributed by atoms with E-state index in [2.05, 4.69) is 27.1 Å². The molecule has 20 heavy (non-hydrogen) atoms. The van der Waals surface area contributed by atoms with Gasteiger partial charge in [-0.1, -0.05) is 23.7 Å². The first-order valence-corrected chi connectivity index (χ1v) is 7.00. The van der Waals surface area contributed by atoms with Gasteiger partial charge in [-0.3, -0.25) is 0 Å². The van der Waals surface area contributed by atoms with Gasteiger partial charge in [-0.25, -0.2) is 4.98 Å². The minimum absolute atomic E-state index is 0.775. The number of fused-ring (bicyclic) bond motifs is 1. The van der Waals surface area contributed by atoms with Crippen molar-refractivity contribution in [3.05, 3.63) is 59.4 Å². The minimum Gasteiger partial charge on any atom is -0.370 e. The Hall–Kier alpha value is -2.00. The summed E-state index contributed by atoms with van der Waals surface area (Å²) < 4.78 is 2.12. The van der Waals surface area contributed by atoms with Crippen LogP contribution in [-0.2, 0) is 13.5 Å². The summed E-state index contributed by atoms with van der Waals surface area (Å²) in [6.07, 6.45) is 4.92. The Labute approximate surface area is 123 Å². The molecule has 0 amide bonds. The molecule has 0 saturated carbocycles. The molecule has 102 valence electrons. The monoisotopic (exact) mass is 285 g/mol. The van der Waals surface area contributed by atoms with Crippen molar-refractivity contribution in [3.63, 3.8) is 0 Å². The number of halogens is 1. The van der Waals surface area contributed by atoms with Crippen molar-refractivity contribution in [2.45, 2.75) is 6.42 Å². The summed E-state index contributed by atoms with van der Waals surface area (Å²) in [5.41, 5.74) is 2.49. The lowest BCUT2D eigenvalue weighted by Crippen LogP contribution is -2.05. The van der Waals surface area contributed by atoms with E-state index in [0.29, 0.717) is 0 Å². The van der Waals surface area contributed by atoms with Crippen LogP contribution in [0.3, 0.4) is 0 Å². The molecule has 3 aromatic rings. The fraction of sp³-hybridized carbons (Fsp3) is 0.188. The van der Waals surface area contributed by atoms with Crippen molar-refractivity contribution in [1.82, 2.24) is 9.55 Å². The SMILES string of the molecule is Cn1cc(CCNc2ccccn2)c2ccc(Cl)cc21. The van der Waals surface area contributed by atoms with Crippen molar-refractivity contribution in [2.75, 3.05) is 11.9 Å². The third-order valence-corrected chi connectivity index (χ3v) is 3.64. The summed E-state index contributed by atoms with van der Waals surface area (Å²) in [7, 11) is 2.05. The Balaban J connectivity index is 1.75. The van der Waals surface area contributed by atoms with E-state index in [0.717, 1.165) is 23.8 Å². The van der Waals surface area contributed by atoms with Crippen LogP contribution < -0.4 is 5.32 Å². The van der Waals surface area contributed by atoms with Gasteiger partial charge < -0.3 is 9.88 Å². The third kappa shape index (κ3) is 2.63.